The van der Waals surface area contributed by atoms with Crippen LogP contribution in [-0.2, 0) is 4.79 Å². The molecule has 1 aliphatic rings. The van der Waals surface area contributed by atoms with Crippen LogP contribution < -0.4 is 0 Å². The SMILES string of the molecule is CCC(=O)C1C(=C(C)C)C1(C)C. The smallest absolute Gasteiger partial charge is 0.140 e. The van der Waals surface area contributed by atoms with Crippen LogP contribution >= 0.6 is 0 Å². The van der Waals surface area contributed by atoms with Crippen molar-refractivity contribution in [2.45, 2.75) is 41.0 Å². The van der Waals surface area contributed by atoms with Gasteiger partial charge in [0.1, 0.15) is 5.78 Å². The van der Waals surface area contributed by atoms with E-state index in [1.807, 2.05) is 6.92 Å². The molecule has 0 spiro atoms. The molecule has 1 fully saturated rings. The van der Waals surface area contributed by atoms with Gasteiger partial charge in [-0.1, -0.05) is 31.9 Å². The molecule has 0 radical (unpaired) electrons. The fourth-order valence-electron chi connectivity index (χ4n) is 2.25. The van der Waals surface area contributed by atoms with Crippen LogP contribution in [0.25, 0.3) is 0 Å². The Morgan fingerprint density at radius 2 is 1.92 bits per heavy atom. The monoisotopic (exact) mass is 166 g/mol. The first kappa shape index (κ1) is 9.50. The Labute approximate surface area is 74.9 Å². The summed E-state index contributed by atoms with van der Waals surface area (Å²) in [5.74, 6) is 0.628. The molecule has 0 saturated heterocycles. The Morgan fingerprint density at radius 3 is 2.17 bits per heavy atom. The highest BCUT2D eigenvalue weighted by molar-refractivity contribution is 5.90. The largest absolute Gasteiger partial charge is 0.299 e. The van der Waals surface area contributed by atoms with Crippen LogP contribution in [0.15, 0.2) is 11.1 Å². The summed E-state index contributed by atoms with van der Waals surface area (Å²) < 4.78 is 0. The number of hydrogen-bond acceptors (Lipinski definition) is 1. The number of carbonyl (C=O) groups excluding carboxylic acids is 1. The highest BCUT2D eigenvalue weighted by atomic mass is 16.1. The fourth-order valence-corrected chi connectivity index (χ4v) is 2.25. The summed E-state index contributed by atoms with van der Waals surface area (Å²) in [7, 11) is 0. The molecular formula is C11H18O. The lowest BCUT2D eigenvalue weighted by Crippen LogP contribution is -2.03. The molecule has 1 nitrogen and oxygen atoms in total. The highest BCUT2D eigenvalue weighted by Gasteiger charge is 2.55. The van der Waals surface area contributed by atoms with Crippen LogP contribution in [-0.4, -0.2) is 5.78 Å². The van der Waals surface area contributed by atoms with Crippen LogP contribution in [0.2, 0.25) is 0 Å². The third kappa shape index (κ3) is 1.21. The van der Waals surface area contributed by atoms with E-state index in [1.165, 1.54) is 11.1 Å². The number of Topliss-reactive ketones (excluding diaryl/α,β-unsaturated/α-hetero) is 1. The van der Waals surface area contributed by atoms with Gasteiger partial charge in [-0.05, 0) is 13.8 Å². The zero-order valence-electron chi connectivity index (χ0n) is 8.69. The zero-order chi connectivity index (χ0) is 9.52. The number of carbonyl (C=O) groups is 1. The quantitative estimate of drug-likeness (QED) is 0.576. The third-order valence-corrected chi connectivity index (χ3v) is 2.83. The van der Waals surface area contributed by atoms with Crippen LogP contribution in [0.5, 0.6) is 0 Å². The number of hydrogen-bond donors (Lipinski definition) is 0. The first-order valence-corrected chi connectivity index (χ1v) is 4.63. The van der Waals surface area contributed by atoms with Gasteiger partial charge in [-0.25, -0.2) is 0 Å². The Hall–Kier alpha value is -0.590. The van der Waals surface area contributed by atoms with Gasteiger partial charge < -0.3 is 0 Å². The summed E-state index contributed by atoms with van der Waals surface area (Å²) in [4.78, 5) is 11.5. The molecule has 0 aromatic heterocycles. The molecule has 1 aliphatic carbocycles. The van der Waals surface area contributed by atoms with Gasteiger partial charge in [0.2, 0.25) is 0 Å². The minimum Gasteiger partial charge on any atom is -0.299 e. The number of allylic oxidation sites excluding steroid dienone is 2. The van der Waals surface area contributed by atoms with Gasteiger partial charge >= 0.3 is 0 Å². The van der Waals surface area contributed by atoms with E-state index >= 15 is 0 Å². The van der Waals surface area contributed by atoms with Crippen LogP contribution in [0.1, 0.15) is 41.0 Å². The molecule has 68 valence electrons. The van der Waals surface area contributed by atoms with E-state index in [4.69, 9.17) is 0 Å². The minimum atomic E-state index is 0.159. The average molecular weight is 166 g/mol. The molecular weight excluding hydrogens is 148 g/mol. The molecule has 0 N–H and O–H groups in total. The minimum absolute atomic E-state index is 0.159. The van der Waals surface area contributed by atoms with Gasteiger partial charge in [0, 0.05) is 17.8 Å². The second-order valence-electron chi connectivity index (χ2n) is 4.39. The lowest BCUT2D eigenvalue weighted by atomic mass is 10.1. The molecule has 0 aliphatic heterocycles. The standard InChI is InChI=1S/C11H18O/c1-6-8(12)10-9(7(2)3)11(10,4)5/h10H,6H2,1-5H3. The van der Waals surface area contributed by atoms with E-state index in [-0.39, 0.29) is 11.3 Å². The molecule has 0 amide bonds. The maximum atomic E-state index is 11.5. The summed E-state index contributed by atoms with van der Waals surface area (Å²) in [6.45, 7) is 10.5. The van der Waals surface area contributed by atoms with Crippen molar-refractivity contribution in [3.63, 3.8) is 0 Å². The molecule has 1 saturated carbocycles. The van der Waals surface area contributed by atoms with E-state index in [0.717, 1.165) is 0 Å². The van der Waals surface area contributed by atoms with Gasteiger partial charge in [-0.3, -0.25) is 4.79 Å². The van der Waals surface area contributed by atoms with Crippen LogP contribution in [0, 0.1) is 11.3 Å². The molecule has 1 unspecified atom stereocenters. The zero-order valence-corrected chi connectivity index (χ0v) is 8.69. The van der Waals surface area contributed by atoms with Crippen LogP contribution in [0.3, 0.4) is 0 Å². The van der Waals surface area contributed by atoms with Crippen molar-refractivity contribution in [3.05, 3.63) is 11.1 Å². The lowest BCUT2D eigenvalue weighted by Gasteiger charge is -1.97. The van der Waals surface area contributed by atoms with Crippen molar-refractivity contribution >= 4 is 5.78 Å². The van der Waals surface area contributed by atoms with Gasteiger partial charge in [-0.15, -0.1) is 0 Å². The molecule has 1 rings (SSSR count). The van der Waals surface area contributed by atoms with Crippen molar-refractivity contribution in [1.82, 2.24) is 0 Å². The molecule has 0 aromatic rings. The maximum absolute atomic E-state index is 11.5. The predicted octanol–water partition coefficient (Wildman–Crippen LogP) is 2.96. The summed E-state index contributed by atoms with van der Waals surface area (Å²) in [6.07, 6.45) is 0.672. The first-order chi connectivity index (χ1) is 5.42. The van der Waals surface area contributed by atoms with Crippen molar-refractivity contribution in [2.24, 2.45) is 11.3 Å². The molecule has 0 bridgehead atoms. The van der Waals surface area contributed by atoms with Crippen LogP contribution in [0.4, 0.5) is 0 Å². The number of ketones is 1. The molecule has 1 atom stereocenters. The number of rotatable bonds is 2. The van der Waals surface area contributed by atoms with Crippen molar-refractivity contribution in [2.75, 3.05) is 0 Å². The Bertz CT molecular complexity index is 242. The summed E-state index contributed by atoms with van der Waals surface area (Å²) in [5, 5.41) is 0. The second-order valence-corrected chi connectivity index (χ2v) is 4.39. The molecule has 12 heavy (non-hydrogen) atoms. The fraction of sp³-hybridized carbons (Fsp3) is 0.727. The summed E-state index contributed by atoms with van der Waals surface area (Å²) in [5.41, 5.74) is 2.85. The molecule has 0 heterocycles. The maximum Gasteiger partial charge on any atom is 0.140 e. The second kappa shape index (κ2) is 2.72. The molecule has 0 aromatic carbocycles. The highest BCUT2D eigenvalue weighted by Crippen LogP contribution is 2.59. The first-order valence-electron chi connectivity index (χ1n) is 4.63. The van der Waals surface area contributed by atoms with E-state index in [0.29, 0.717) is 12.2 Å². The topological polar surface area (TPSA) is 17.1 Å². The van der Waals surface area contributed by atoms with Crippen molar-refractivity contribution in [1.29, 1.82) is 0 Å². The Kier molecular flexibility index (Phi) is 2.15. The van der Waals surface area contributed by atoms with E-state index in [2.05, 4.69) is 27.7 Å². The van der Waals surface area contributed by atoms with E-state index in [9.17, 15) is 4.79 Å². The summed E-state index contributed by atoms with van der Waals surface area (Å²) >= 11 is 0. The van der Waals surface area contributed by atoms with Gasteiger partial charge in [0.25, 0.3) is 0 Å². The summed E-state index contributed by atoms with van der Waals surface area (Å²) in [6, 6.07) is 0. The van der Waals surface area contributed by atoms with E-state index in [1.54, 1.807) is 0 Å². The van der Waals surface area contributed by atoms with Gasteiger partial charge in [0.15, 0.2) is 0 Å². The van der Waals surface area contributed by atoms with Crippen molar-refractivity contribution in [3.8, 4) is 0 Å². The average Bonchev–Trinajstić information content (AvgIpc) is 2.52. The Morgan fingerprint density at radius 1 is 1.42 bits per heavy atom. The van der Waals surface area contributed by atoms with E-state index < -0.39 is 0 Å². The third-order valence-electron chi connectivity index (χ3n) is 2.83. The predicted molar refractivity (Wildman–Crippen MR) is 50.9 cm³/mol. The molecule has 1 heteroatoms. The normalized spacial score (nSPS) is 25.4. The lowest BCUT2D eigenvalue weighted by molar-refractivity contribution is -0.120. The van der Waals surface area contributed by atoms with Crippen molar-refractivity contribution < 1.29 is 4.79 Å². The Balaban J connectivity index is 2.88. The van der Waals surface area contributed by atoms with Gasteiger partial charge in [0.05, 0.1) is 0 Å². The van der Waals surface area contributed by atoms with Gasteiger partial charge in [-0.2, -0.15) is 0 Å².